The molecule has 82 valence electrons. The fourth-order valence-electron chi connectivity index (χ4n) is 1.65. The third-order valence-electron chi connectivity index (χ3n) is 2.44. The second kappa shape index (κ2) is 3.48. The Hall–Kier alpha value is -2.10. The van der Waals surface area contributed by atoms with Crippen molar-refractivity contribution in [3.05, 3.63) is 39.7 Å². The number of hydrogen-bond donors (Lipinski definition) is 1. The van der Waals surface area contributed by atoms with E-state index in [1.807, 2.05) is 0 Å². The van der Waals surface area contributed by atoms with Crippen molar-refractivity contribution in [1.82, 2.24) is 0 Å². The lowest BCUT2D eigenvalue weighted by atomic mass is 10.1. The van der Waals surface area contributed by atoms with Crippen LogP contribution in [0.1, 0.15) is 23.0 Å². The normalized spacial score (nSPS) is 10.6. The van der Waals surface area contributed by atoms with E-state index in [9.17, 15) is 14.7 Å². The van der Waals surface area contributed by atoms with E-state index in [1.54, 1.807) is 12.1 Å². The lowest BCUT2D eigenvalue weighted by Gasteiger charge is -2.04. The number of ketones is 1. The van der Waals surface area contributed by atoms with Crippen molar-refractivity contribution in [2.45, 2.75) is 13.8 Å². The quantitative estimate of drug-likeness (QED) is 0.743. The molecule has 1 aromatic carbocycles. The number of hydrogen-bond acceptors (Lipinski definition) is 4. The van der Waals surface area contributed by atoms with E-state index in [2.05, 4.69) is 0 Å². The zero-order chi connectivity index (χ0) is 11.9. The van der Waals surface area contributed by atoms with Gasteiger partial charge in [0.25, 0.3) is 0 Å². The maximum Gasteiger partial charge on any atom is 0.200 e. The number of carbonyl (C=O) groups is 1. The maximum absolute atomic E-state index is 11.9. The Morgan fingerprint density at radius 3 is 2.69 bits per heavy atom. The summed E-state index contributed by atoms with van der Waals surface area (Å²) in [4.78, 5) is 23.2. The van der Waals surface area contributed by atoms with Gasteiger partial charge in [0.2, 0.25) is 0 Å². The molecule has 1 heterocycles. The molecule has 16 heavy (non-hydrogen) atoms. The Morgan fingerprint density at radius 1 is 1.38 bits per heavy atom. The summed E-state index contributed by atoms with van der Waals surface area (Å²) in [5.41, 5.74) is 0.0758. The minimum atomic E-state index is -0.371. The molecule has 0 saturated heterocycles. The summed E-state index contributed by atoms with van der Waals surface area (Å²) < 4.78 is 5.31. The third kappa shape index (κ3) is 1.39. The fraction of sp³-hybridized carbons (Fsp3) is 0.167. The van der Waals surface area contributed by atoms with Gasteiger partial charge >= 0.3 is 0 Å². The second-order valence-corrected chi connectivity index (χ2v) is 3.59. The van der Waals surface area contributed by atoms with E-state index < -0.39 is 0 Å². The fourth-order valence-corrected chi connectivity index (χ4v) is 1.65. The van der Waals surface area contributed by atoms with Crippen LogP contribution in [0.3, 0.4) is 0 Å². The second-order valence-electron chi connectivity index (χ2n) is 3.59. The summed E-state index contributed by atoms with van der Waals surface area (Å²) in [6.07, 6.45) is 0. The lowest BCUT2D eigenvalue weighted by Crippen LogP contribution is -2.11. The highest BCUT2D eigenvalue weighted by Gasteiger charge is 2.15. The van der Waals surface area contributed by atoms with Crippen molar-refractivity contribution < 1.29 is 14.3 Å². The molecule has 4 heteroatoms. The number of benzene rings is 1. The minimum absolute atomic E-state index is 0.0445. The molecule has 0 bridgehead atoms. The number of Topliss-reactive ketones (excluding diaryl/α,β-unsaturated/α-hetero) is 1. The molecule has 0 spiro atoms. The number of aromatic hydroxyl groups is 1. The molecule has 0 aliphatic rings. The van der Waals surface area contributed by atoms with Crippen LogP contribution in [0.25, 0.3) is 11.0 Å². The highest BCUT2D eigenvalue weighted by Crippen LogP contribution is 2.23. The van der Waals surface area contributed by atoms with Crippen LogP contribution in [0.5, 0.6) is 5.75 Å². The van der Waals surface area contributed by atoms with E-state index >= 15 is 0 Å². The van der Waals surface area contributed by atoms with Gasteiger partial charge in [-0.1, -0.05) is 6.07 Å². The summed E-state index contributed by atoms with van der Waals surface area (Å²) in [7, 11) is 0. The first-order chi connectivity index (χ1) is 7.52. The minimum Gasteiger partial charge on any atom is -0.507 e. The number of phenols is 1. The van der Waals surface area contributed by atoms with Crippen LogP contribution < -0.4 is 5.43 Å². The van der Waals surface area contributed by atoms with Crippen LogP contribution in [-0.4, -0.2) is 10.9 Å². The van der Waals surface area contributed by atoms with Crippen molar-refractivity contribution in [2.24, 2.45) is 0 Å². The zero-order valence-electron chi connectivity index (χ0n) is 8.90. The molecule has 0 radical (unpaired) electrons. The van der Waals surface area contributed by atoms with Crippen LogP contribution in [0, 0.1) is 6.92 Å². The van der Waals surface area contributed by atoms with E-state index in [0.717, 1.165) is 0 Å². The van der Waals surface area contributed by atoms with E-state index in [-0.39, 0.29) is 39.3 Å². The summed E-state index contributed by atoms with van der Waals surface area (Å²) >= 11 is 0. The molecule has 4 nitrogen and oxygen atoms in total. The van der Waals surface area contributed by atoms with Gasteiger partial charge in [0, 0.05) is 12.5 Å². The van der Waals surface area contributed by atoms with E-state index in [0.29, 0.717) is 0 Å². The van der Waals surface area contributed by atoms with Gasteiger partial charge in [-0.25, -0.2) is 0 Å². The lowest BCUT2D eigenvalue weighted by molar-refractivity contribution is 0.0986. The SMILES string of the molecule is CC(=O)c1oc2cccc(O)c2c(=O)c1C. The highest BCUT2D eigenvalue weighted by atomic mass is 16.3. The van der Waals surface area contributed by atoms with Crippen LogP contribution >= 0.6 is 0 Å². The summed E-state index contributed by atoms with van der Waals surface area (Å²) in [5, 5.41) is 9.68. The molecule has 0 unspecified atom stereocenters. The first-order valence-electron chi connectivity index (χ1n) is 4.78. The van der Waals surface area contributed by atoms with Gasteiger partial charge in [-0.2, -0.15) is 0 Å². The van der Waals surface area contributed by atoms with Gasteiger partial charge < -0.3 is 9.52 Å². The van der Waals surface area contributed by atoms with Crippen molar-refractivity contribution in [3.63, 3.8) is 0 Å². The Balaban J connectivity index is 3.00. The van der Waals surface area contributed by atoms with Gasteiger partial charge in [-0.05, 0) is 19.1 Å². The van der Waals surface area contributed by atoms with Gasteiger partial charge in [-0.15, -0.1) is 0 Å². The van der Waals surface area contributed by atoms with Crippen molar-refractivity contribution in [2.75, 3.05) is 0 Å². The molecular weight excluding hydrogens is 208 g/mol. The first-order valence-corrected chi connectivity index (χ1v) is 4.78. The number of fused-ring (bicyclic) bond motifs is 1. The first kappa shape index (κ1) is 10.4. The standard InChI is InChI=1S/C12H10O4/c1-6-11(15)10-8(14)4-3-5-9(10)16-12(6)7(2)13/h3-5,14H,1-2H3. The Bertz CT molecular complexity index is 637. The summed E-state index contributed by atoms with van der Waals surface area (Å²) in [6, 6.07) is 4.51. The van der Waals surface area contributed by atoms with Gasteiger partial charge in [0.15, 0.2) is 17.0 Å². The number of rotatable bonds is 1. The topological polar surface area (TPSA) is 67.5 Å². The molecule has 2 rings (SSSR count). The zero-order valence-corrected chi connectivity index (χ0v) is 8.90. The molecular formula is C12H10O4. The predicted molar refractivity (Wildman–Crippen MR) is 58.9 cm³/mol. The Kier molecular flexibility index (Phi) is 2.27. The largest absolute Gasteiger partial charge is 0.507 e. The average Bonchev–Trinajstić information content (AvgIpc) is 2.22. The number of phenolic OH excluding ortho intramolecular Hbond substituents is 1. The van der Waals surface area contributed by atoms with E-state index in [1.165, 1.54) is 19.9 Å². The molecule has 2 aromatic rings. The van der Waals surface area contributed by atoms with Gasteiger partial charge in [0.1, 0.15) is 16.7 Å². The molecule has 0 amide bonds. The van der Waals surface area contributed by atoms with Crippen molar-refractivity contribution in [3.8, 4) is 5.75 Å². The van der Waals surface area contributed by atoms with Gasteiger partial charge in [-0.3, -0.25) is 9.59 Å². The smallest absolute Gasteiger partial charge is 0.200 e. The molecule has 0 saturated carbocycles. The van der Waals surface area contributed by atoms with Crippen LogP contribution in [0.2, 0.25) is 0 Å². The third-order valence-corrected chi connectivity index (χ3v) is 2.44. The molecule has 0 fully saturated rings. The predicted octanol–water partition coefficient (Wildman–Crippen LogP) is 2.01. The Labute approximate surface area is 91.1 Å². The molecule has 0 aliphatic heterocycles. The Morgan fingerprint density at radius 2 is 2.06 bits per heavy atom. The molecule has 0 atom stereocenters. The highest BCUT2D eigenvalue weighted by molar-refractivity contribution is 5.95. The number of carbonyl (C=O) groups excluding carboxylic acids is 1. The molecule has 1 aromatic heterocycles. The van der Waals surface area contributed by atoms with Crippen molar-refractivity contribution in [1.29, 1.82) is 0 Å². The monoisotopic (exact) mass is 218 g/mol. The average molecular weight is 218 g/mol. The molecule has 1 N–H and O–H groups in total. The van der Waals surface area contributed by atoms with Crippen LogP contribution in [0.15, 0.2) is 27.4 Å². The van der Waals surface area contributed by atoms with Crippen LogP contribution in [0.4, 0.5) is 0 Å². The molecule has 0 aliphatic carbocycles. The van der Waals surface area contributed by atoms with Crippen molar-refractivity contribution >= 4 is 16.8 Å². The van der Waals surface area contributed by atoms with Crippen LogP contribution in [-0.2, 0) is 0 Å². The summed E-state index contributed by atoms with van der Waals surface area (Å²) in [5.74, 6) is -0.396. The van der Waals surface area contributed by atoms with Gasteiger partial charge in [0.05, 0.1) is 0 Å². The summed E-state index contributed by atoms with van der Waals surface area (Å²) in [6.45, 7) is 2.84. The van der Waals surface area contributed by atoms with E-state index in [4.69, 9.17) is 4.42 Å². The maximum atomic E-state index is 11.9.